The smallest absolute Gasteiger partial charge is 0.241 e. The van der Waals surface area contributed by atoms with Crippen LogP contribution in [0.1, 0.15) is 17.7 Å². The molecule has 8 nitrogen and oxygen atoms in total. The molecule has 0 radical (unpaired) electrons. The van der Waals surface area contributed by atoms with Gasteiger partial charge < -0.3 is 9.80 Å². The van der Waals surface area contributed by atoms with Crippen LogP contribution < -0.4 is 15.8 Å². The second kappa shape index (κ2) is 6.97. The predicted octanol–water partition coefficient (Wildman–Crippen LogP) is 0.356. The Balaban J connectivity index is 1.68. The van der Waals surface area contributed by atoms with Crippen LogP contribution in [0.2, 0.25) is 0 Å². The molecule has 0 bridgehead atoms. The second-order valence-electron chi connectivity index (χ2n) is 6.83. The van der Waals surface area contributed by atoms with Crippen molar-refractivity contribution in [2.75, 3.05) is 32.1 Å². The summed E-state index contributed by atoms with van der Waals surface area (Å²) in [4.78, 5) is 30.5. The Morgan fingerprint density at radius 3 is 2.88 bits per heavy atom. The summed E-state index contributed by atoms with van der Waals surface area (Å²) < 4.78 is 0. The van der Waals surface area contributed by atoms with Crippen molar-refractivity contribution in [1.29, 1.82) is 0 Å². The van der Waals surface area contributed by atoms with Gasteiger partial charge in [0.1, 0.15) is 17.6 Å². The van der Waals surface area contributed by atoms with Crippen LogP contribution in [-0.2, 0) is 17.8 Å². The average molecular weight is 353 g/mol. The summed E-state index contributed by atoms with van der Waals surface area (Å²) in [5.41, 5.74) is 8.85. The van der Waals surface area contributed by atoms with E-state index in [1.807, 2.05) is 42.1 Å². The van der Waals surface area contributed by atoms with Crippen molar-refractivity contribution < 1.29 is 4.79 Å². The van der Waals surface area contributed by atoms with Gasteiger partial charge in [0, 0.05) is 38.9 Å². The second-order valence-corrected chi connectivity index (χ2v) is 6.83. The van der Waals surface area contributed by atoms with E-state index in [1.54, 1.807) is 6.20 Å². The number of hydrogen-bond acceptors (Lipinski definition) is 7. The maximum Gasteiger partial charge on any atom is 0.241 e. The molecule has 136 valence electrons. The summed E-state index contributed by atoms with van der Waals surface area (Å²) >= 11 is 0. The highest BCUT2D eigenvalue weighted by Crippen LogP contribution is 2.28. The van der Waals surface area contributed by atoms with Crippen LogP contribution >= 0.6 is 0 Å². The van der Waals surface area contributed by atoms with Crippen LogP contribution in [0.4, 0.5) is 5.82 Å². The van der Waals surface area contributed by atoms with Gasteiger partial charge in [0.05, 0.1) is 12.2 Å². The molecule has 1 unspecified atom stereocenters. The van der Waals surface area contributed by atoms with E-state index < -0.39 is 0 Å². The van der Waals surface area contributed by atoms with E-state index in [4.69, 9.17) is 9.97 Å². The molecule has 26 heavy (non-hydrogen) atoms. The summed E-state index contributed by atoms with van der Waals surface area (Å²) in [5, 5.41) is 0. The number of nitrogens with zero attached hydrogens (tertiary/aromatic N) is 5. The fourth-order valence-electron chi connectivity index (χ4n) is 3.47. The Labute approximate surface area is 152 Å². The molecule has 1 saturated heterocycles. The molecule has 2 aromatic rings. The van der Waals surface area contributed by atoms with E-state index >= 15 is 0 Å². The van der Waals surface area contributed by atoms with Gasteiger partial charge >= 0.3 is 0 Å². The number of hydrazine groups is 1. The maximum atomic E-state index is 12.7. The third-order valence-corrected chi connectivity index (χ3v) is 4.80. The lowest BCUT2D eigenvalue weighted by Crippen LogP contribution is -2.47. The van der Waals surface area contributed by atoms with Gasteiger partial charge in [-0.3, -0.25) is 15.2 Å². The Hall–Kier alpha value is -2.58. The lowest BCUT2D eigenvalue weighted by molar-refractivity contribution is -0.134. The van der Waals surface area contributed by atoms with Gasteiger partial charge in [-0.05, 0) is 25.0 Å². The number of anilines is 1. The van der Waals surface area contributed by atoms with Gasteiger partial charge in [-0.2, -0.15) is 0 Å². The zero-order chi connectivity index (χ0) is 18.1. The molecule has 2 aliphatic rings. The standard InChI is InChI=1S/C18H23N7O/c1-24(2)17-12-7-10-25(18(26)14-6-9-20-23-14)11-15(12)21-16(22-17)13-5-3-4-8-19-13/h3-5,8,14,20,23H,6-7,9-11H2,1-2H3. The van der Waals surface area contributed by atoms with E-state index in [9.17, 15) is 4.79 Å². The molecule has 0 saturated carbocycles. The third kappa shape index (κ3) is 3.13. The zero-order valence-electron chi connectivity index (χ0n) is 15.1. The van der Waals surface area contributed by atoms with E-state index in [2.05, 4.69) is 15.8 Å². The van der Waals surface area contributed by atoms with E-state index in [1.165, 1.54) is 0 Å². The normalized spacial score (nSPS) is 19.3. The highest BCUT2D eigenvalue weighted by molar-refractivity contribution is 5.82. The van der Waals surface area contributed by atoms with E-state index in [0.29, 0.717) is 18.9 Å². The highest BCUT2D eigenvalue weighted by Gasteiger charge is 2.31. The van der Waals surface area contributed by atoms with Crippen molar-refractivity contribution in [3.8, 4) is 11.5 Å². The molecule has 2 N–H and O–H groups in total. The minimum absolute atomic E-state index is 0.130. The molecular weight excluding hydrogens is 330 g/mol. The molecule has 1 fully saturated rings. The topological polar surface area (TPSA) is 86.3 Å². The molecule has 4 heterocycles. The molecule has 1 amide bonds. The number of pyridine rings is 1. The van der Waals surface area contributed by atoms with Crippen LogP contribution in [0.25, 0.3) is 11.5 Å². The van der Waals surface area contributed by atoms with Crippen molar-refractivity contribution in [3.05, 3.63) is 35.7 Å². The minimum atomic E-state index is -0.151. The summed E-state index contributed by atoms with van der Waals surface area (Å²) in [5.74, 6) is 1.64. The fourth-order valence-corrected chi connectivity index (χ4v) is 3.47. The van der Waals surface area contributed by atoms with Crippen molar-refractivity contribution >= 4 is 11.7 Å². The first-order valence-corrected chi connectivity index (χ1v) is 8.89. The Morgan fingerprint density at radius 2 is 2.19 bits per heavy atom. The SMILES string of the molecule is CN(C)c1nc(-c2ccccn2)nc2c1CCN(C(=O)C1CCNN1)C2. The highest BCUT2D eigenvalue weighted by atomic mass is 16.2. The van der Waals surface area contributed by atoms with Crippen molar-refractivity contribution in [2.45, 2.75) is 25.4 Å². The number of amides is 1. The molecule has 8 heteroatoms. The van der Waals surface area contributed by atoms with Crippen LogP contribution in [0, 0.1) is 0 Å². The monoisotopic (exact) mass is 353 g/mol. The first-order valence-electron chi connectivity index (χ1n) is 8.89. The van der Waals surface area contributed by atoms with Gasteiger partial charge in [0.2, 0.25) is 5.91 Å². The fraction of sp³-hybridized carbons (Fsp3) is 0.444. The quantitative estimate of drug-likeness (QED) is 0.824. The molecular formula is C18H23N7O. The number of carbonyl (C=O) groups excluding carboxylic acids is 1. The van der Waals surface area contributed by atoms with Gasteiger partial charge in [0.15, 0.2) is 5.82 Å². The van der Waals surface area contributed by atoms with Crippen molar-refractivity contribution in [3.63, 3.8) is 0 Å². The molecule has 4 rings (SSSR count). The number of carbonyl (C=O) groups is 1. The number of aromatic nitrogens is 3. The van der Waals surface area contributed by atoms with Gasteiger partial charge in [-0.15, -0.1) is 0 Å². The Bertz CT molecular complexity index is 803. The largest absolute Gasteiger partial charge is 0.362 e. The van der Waals surface area contributed by atoms with E-state index in [-0.39, 0.29) is 11.9 Å². The maximum absolute atomic E-state index is 12.7. The summed E-state index contributed by atoms with van der Waals surface area (Å²) in [6.07, 6.45) is 3.31. The zero-order valence-corrected chi connectivity index (χ0v) is 15.1. The molecule has 0 aromatic carbocycles. The van der Waals surface area contributed by atoms with Gasteiger partial charge in [-0.25, -0.2) is 15.4 Å². The van der Waals surface area contributed by atoms with Crippen molar-refractivity contribution in [2.24, 2.45) is 0 Å². The molecule has 2 aliphatic heterocycles. The third-order valence-electron chi connectivity index (χ3n) is 4.80. The molecule has 2 aromatic heterocycles. The van der Waals surface area contributed by atoms with E-state index in [0.717, 1.165) is 42.2 Å². The summed E-state index contributed by atoms with van der Waals surface area (Å²) in [6, 6.07) is 5.55. The van der Waals surface area contributed by atoms with Crippen molar-refractivity contribution in [1.82, 2.24) is 30.7 Å². The van der Waals surface area contributed by atoms with Crippen LogP contribution in [-0.4, -0.2) is 59.0 Å². The number of hydrogen-bond donors (Lipinski definition) is 2. The lowest BCUT2D eigenvalue weighted by atomic mass is 10.0. The predicted molar refractivity (Wildman–Crippen MR) is 98.3 cm³/mol. The summed E-state index contributed by atoms with van der Waals surface area (Å²) in [7, 11) is 3.97. The first-order chi connectivity index (χ1) is 12.6. The Morgan fingerprint density at radius 1 is 1.31 bits per heavy atom. The van der Waals surface area contributed by atoms with Crippen LogP contribution in [0.3, 0.4) is 0 Å². The molecule has 0 aliphatic carbocycles. The van der Waals surface area contributed by atoms with Crippen LogP contribution in [0.15, 0.2) is 24.4 Å². The lowest BCUT2D eigenvalue weighted by Gasteiger charge is -2.32. The number of rotatable bonds is 3. The summed E-state index contributed by atoms with van der Waals surface area (Å²) in [6.45, 7) is 2.02. The van der Waals surface area contributed by atoms with Crippen LogP contribution in [0.5, 0.6) is 0 Å². The molecule has 0 spiro atoms. The van der Waals surface area contributed by atoms with Gasteiger partial charge in [-0.1, -0.05) is 6.07 Å². The van der Waals surface area contributed by atoms with Gasteiger partial charge in [0.25, 0.3) is 0 Å². The number of nitrogens with one attached hydrogen (secondary N) is 2. The number of fused-ring (bicyclic) bond motifs is 1. The minimum Gasteiger partial charge on any atom is -0.362 e. The molecule has 1 atom stereocenters. The average Bonchev–Trinajstić information content (AvgIpc) is 3.21. The Kier molecular flexibility index (Phi) is 4.52. The first kappa shape index (κ1) is 16.9.